The third kappa shape index (κ3) is 3.52. The van der Waals surface area contributed by atoms with E-state index in [0.717, 1.165) is 61.4 Å². The minimum absolute atomic E-state index is 0. The van der Waals surface area contributed by atoms with Crippen molar-refractivity contribution in [3.63, 3.8) is 0 Å². The van der Waals surface area contributed by atoms with E-state index in [1.54, 1.807) is 17.7 Å². The smallest absolute Gasteiger partial charge is 0.245 e. The SMILES string of the molecule is CC(N)C1CCN(C(=O)C2CCCN2c2ncnc3sccc23)CC1.Cl. The first-order valence-electron chi connectivity index (χ1n) is 9.14. The summed E-state index contributed by atoms with van der Waals surface area (Å²) in [5.74, 6) is 1.70. The van der Waals surface area contributed by atoms with Crippen LogP contribution in [0.5, 0.6) is 0 Å². The second-order valence-corrected chi connectivity index (χ2v) is 8.10. The van der Waals surface area contributed by atoms with Gasteiger partial charge in [0.15, 0.2) is 0 Å². The van der Waals surface area contributed by atoms with Gasteiger partial charge in [-0.2, -0.15) is 0 Å². The highest BCUT2D eigenvalue weighted by molar-refractivity contribution is 7.16. The summed E-state index contributed by atoms with van der Waals surface area (Å²) in [5, 5.41) is 3.09. The highest BCUT2D eigenvalue weighted by Crippen LogP contribution is 2.33. The minimum atomic E-state index is -0.0927. The van der Waals surface area contributed by atoms with Gasteiger partial charge in [-0.25, -0.2) is 9.97 Å². The molecule has 4 rings (SSSR count). The van der Waals surface area contributed by atoms with E-state index in [-0.39, 0.29) is 30.4 Å². The van der Waals surface area contributed by atoms with E-state index in [0.29, 0.717) is 5.92 Å². The quantitative estimate of drug-likeness (QED) is 0.864. The zero-order chi connectivity index (χ0) is 17.4. The Balaban J connectivity index is 0.00000196. The van der Waals surface area contributed by atoms with Crippen LogP contribution in [0.25, 0.3) is 10.2 Å². The van der Waals surface area contributed by atoms with E-state index in [1.807, 2.05) is 10.3 Å². The van der Waals surface area contributed by atoms with E-state index >= 15 is 0 Å². The molecule has 2 saturated heterocycles. The molecule has 2 fully saturated rings. The number of thiophene rings is 1. The number of fused-ring (bicyclic) bond motifs is 1. The molecule has 8 heteroatoms. The molecule has 0 radical (unpaired) electrons. The number of piperidine rings is 1. The summed E-state index contributed by atoms with van der Waals surface area (Å²) in [6.45, 7) is 4.61. The fraction of sp³-hybridized carbons (Fsp3) is 0.611. The van der Waals surface area contributed by atoms with Crippen LogP contribution in [0.15, 0.2) is 17.8 Å². The Kier molecular flexibility index (Phi) is 5.99. The van der Waals surface area contributed by atoms with Crippen LogP contribution in [0.3, 0.4) is 0 Å². The molecule has 2 aromatic rings. The second kappa shape index (κ2) is 8.06. The lowest BCUT2D eigenvalue weighted by Gasteiger charge is -2.37. The zero-order valence-corrected chi connectivity index (χ0v) is 16.6. The molecule has 0 aliphatic carbocycles. The van der Waals surface area contributed by atoms with Crippen molar-refractivity contribution in [2.45, 2.75) is 44.7 Å². The van der Waals surface area contributed by atoms with Crippen molar-refractivity contribution in [1.82, 2.24) is 14.9 Å². The van der Waals surface area contributed by atoms with Crippen molar-refractivity contribution in [2.75, 3.05) is 24.5 Å². The lowest BCUT2D eigenvalue weighted by molar-refractivity contribution is -0.133. The first kappa shape index (κ1) is 19.3. The highest BCUT2D eigenvalue weighted by atomic mass is 35.5. The number of hydrogen-bond donors (Lipinski definition) is 1. The van der Waals surface area contributed by atoms with Crippen LogP contribution in [0.2, 0.25) is 0 Å². The average molecular weight is 396 g/mol. The molecule has 1 amide bonds. The molecule has 4 heterocycles. The summed E-state index contributed by atoms with van der Waals surface area (Å²) in [4.78, 5) is 27.2. The van der Waals surface area contributed by atoms with Crippen LogP contribution in [0.1, 0.15) is 32.6 Å². The summed E-state index contributed by atoms with van der Waals surface area (Å²) in [6.07, 6.45) is 5.57. The lowest BCUT2D eigenvalue weighted by Crippen LogP contribution is -2.50. The van der Waals surface area contributed by atoms with Crippen LogP contribution in [-0.4, -0.2) is 52.5 Å². The molecule has 2 atom stereocenters. The Morgan fingerprint density at radius 2 is 2.04 bits per heavy atom. The number of likely N-dealkylation sites (tertiary alicyclic amines) is 1. The Hall–Kier alpha value is -1.44. The van der Waals surface area contributed by atoms with E-state index in [2.05, 4.69) is 27.9 Å². The Bertz CT molecular complexity index is 759. The minimum Gasteiger partial charge on any atom is -0.344 e. The summed E-state index contributed by atoms with van der Waals surface area (Å²) in [6, 6.07) is 2.18. The van der Waals surface area contributed by atoms with Gasteiger partial charge in [0, 0.05) is 25.7 Å². The predicted molar refractivity (Wildman–Crippen MR) is 108 cm³/mol. The van der Waals surface area contributed by atoms with Crippen molar-refractivity contribution in [3.8, 4) is 0 Å². The lowest BCUT2D eigenvalue weighted by atomic mass is 9.90. The van der Waals surface area contributed by atoms with E-state index in [9.17, 15) is 4.79 Å². The fourth-order valence-electron chi connectivity index (χ4n) is 4.14. The molecule has 142 valence electrons. The molecule has 2 N–H and O–H groups in total. The fourth-order valence-corrected chi connectivity index (χ4v) is 4.87. The molecule has 6 nitrogen and oxygen atoms in total. The topological polar surface area (TPSA) is 75.3 Å². The van der Waals surface area contributed by atoms with Gasteiger partial charge in [-0.15, -0.1) is 23.7 Å². The third-order valence-corrected chi connectivity index (χ3v) is 6.47. The second-order valence-electron chi connectivity index (χ2n) is 7.21. The number of nitrogens with zero attached hydrogens (tertiary/aromatic N) is 4. The van der Waals surface area contributed by atoms with Gasteiger partial charge in [-0.05, 0) is 50.0 Å². The summed E-state index contributed by atoms with van der Waals surface area (Å²) >= 11 is 1.62. The van der Waals surface area contributed by atoms with Crippen LogP contribution in [-0.2, 0) is 4.79 Å². The highest BCUT2D eigenvalue weighted by Gasteiger charge is 2.36. The van der Waals surface area contributed by atoms with Gasteiger partial charge < -0.3 is 15.5 Å². The van der Waals surface area contributed by atoms with Crippen LogP contribution >= 0.6 is 23.7 Å². The standard InChI is InChI=1S/C18H25N5OS.ClH/c1-12(19)13-4-8-22(9-5-13)18(24)15-3-2-7-23(15)16-14-6-10-25-17(14)21-11-20-16;/h6,10-13,15H,2-5,7-9,19H2,1H3;1H. The Morgan fingerprint density at radius 1 is 1.27 bits per heavy atom. The number of hydrogen-bond acceptors (Lipinski definition) is 6. The van der Waals surface area contributed by atoms with Crippen molar-refractivity contribution in [3.05, 3.63) is 17.8 Å². The van der Waals surface area contributed by atoms with Gasteiger partial charge in [0.05, 0.1) is 5.39 Å². The largest absolute Gasteiger partial charge is 0.344 e. The van der Waals surface area contributed by atoms with Gasteiger partial charge in [-0.1, -0.05) is 0 Å². The van der Waals surface area contributed by atoms with Gasteiger partial charge >= 0.3 is 0 Å². The number of carbonyl (C=O) groups excluding carboxylic acids is 1. The number of anilines is 1. The monoisotopic (exact) mass is 395 g/mol. The molecule has 0 bridgehead atoms. The van der Waals surface area contributed by atoms with Gasteiger partial charge in [0.2, 0.25) is 5.91 Å². The van der Waals surface area contributed by atoms with Gasteiger partial charge in [-0.3, -0.25) is 4.79 Å². The number of halogens is 1. The Labute approximate surface area is 164 Å². The molecule has 2 aliphatic rings. The molecular formula is C18H26ClN5OS. The van der Waals surface area contributed by atoms with Crippen LogP contribution in [0.4, 0.5) is 5.82 Å². The number of carbonyl (C=O) groups is 1. The van der Waals surface area contributed by atoms with E-state index in [4.69, 9.17) is 5.73 Å². The number of amides is 1. The van der Waals surface area contributed by atoms with E-state index in [1.165, 1.54) is 0 Å². The van der Waals surface area contributed by atoms with Crippen molar-refractivity contribution in [2.24, 2.45) is 11.7 Å². The molecular weight excluding hydrogens is 370 g/mol. The third-order valence-electron chi connectivity index (χ3n) is 5.65. The summed E-state index contributed by atoms with van der Waals surface area (Å²) in [7, 11) is 0. The van der Waals surface area contributed by atoms with Gasteiger partial charge in [0.25, 0.3) is 0 Å². The van der Waals surface area contributed by atoms with Gasteiger partial charge in [0.1, 0.15) is 23.0 Å². The van der Waals surface area contributed by atoms with Crippen molar-refractivity contribution in [1.29, 1.82) is 0 Å². The maximum absolute atomic E-state index is 13.1. The predicted octanol–water partition coefficient (Wildman–Crippen LogP) is 2.67. The zero-order valence-electron chi connectivity index (χ0n) is 15.0. The molecule has 0 spiro atoms. The molecule has 0 saturated carbocycles. The molecule has 26 heavy (non-hydrogen) atoms. The number of rotatable bonds is 3. The van der Waals surface area contributed by atoms with Crippen LogP contribution in [0, 0.1) is 5.92 Å². The summed E-state index contributed by atoms with van der Waals surface area (Å²) in [5.41, 5.74) is 6.03. The van der Waals surface area contributed by atoms with Crippen molar-refractivity contribution >= 4 is 45.7 Å². The van der Waals surface area contributed by atoms with Crippen LogP contribution < -0.4 is 10.6 Å². The molecule has 2 aliphatic heterocycles. The number of nitrogens with two attached hydrogens (primary N) is 1. The maximum atomic E-state index is 13.1. The Morgan fingerprint density at radius 3 is 2.77 bits per heavy atom. The normalized spacial score (nSPS) is 22.5. The average Bonchev–Trinajstić information content (AvgIpc) is 3.30. The molecule has 0 aromatic carbocycles. The molecule has 2 unspecified atom stereocenters. The first-order valence-corrected chi connectivity index (χ1v) is 10.0. The summed E-state index contributed by atoms with van der Waals surface area (Å²) < 4.78 is 0. The van der Waals surface area contributed by atoms with E-state index < -0.39 is 0 Å². The maximum Gasteiger partial charge on any atom is 0.245 e. The number of aromatic nitrogens is 2. The van der Waals surface area contributed by atoms with Crippen molar-refractivity contribution < 1.29 is 4.79 Å². The first-order chi connectivity index (χ1) is 12.1. The molecule has 2 aromatic heterocycles.